The van der Waals surface area contributed by atoms with Gasteiger partial charge in [0.05, 0.1) is 5.56 Å². The van der Waals surface area contributed by atoms with E-state index in [9.17, 15) is 4.79 Å². The van der Waals surface area contributed by atoms with E-state index in [-0.39, 0.29) is 12.1 Å². The van der Waals surface area contributed by atoms with Gasteiger partial charge in [-0.1, -0.05) is 44.9 Å². The SMILES string of the molecule is Cc1cccc(C(=O)O[C@@H]2C[C@H](C)CC[C@H]2C(C)C)c1. The van der Waals surface area contributed by atoms with Gasteiger partial charge in [-0.05, 0) is 49.7 Å². The summed E-state index contributed by atoms with van der Waals surface area (Å²) >= 11 is 0. The van der Waals surface area contributed by atoms with Crippen molar-refractivity contribution in [2.75, 3.05) is 0 Å². The predicted octanol–water partition coefficient (Wildman–Crippen LogP) is 4.61. The van der Waals surface area contributed by atoms with Crippen LogP contribution in [0.4, 0.5) is 0 Å². The highest BCUT2D eigenvalue weighted by Gasteiger charge is 2.33. The van der Waals surface area contributed by atoms with Gasteiger partial charge in [0.1, 0.15) is 6.10 Å². The molecule has 0 amide bonds. The number of carbonyl (C=O) groups excluding carboxylic acids is 1. The fourth-order valence-electron chi connectivity index (χ4n) is 3.23. The summed E-state index contributed by atoms with van der Waals surface area (Å²) < 4.78 is 5.84. The third kappa shape index (κ3) is 3.62. The van der Waals surface area contributed by atoms with Gasteiger partial charge in [-0.2, -0.15) is 0 Å². The lowest BCUT2D eigenvalue weighted by Crippen LogP contribution is -2.35. The Bertz CT molecular complexity index is 464. The van der Waals surface area contributed by atoms with E-state index in [0.717, 1.165) is 12.0 Å². The number of carbonyl (C=O) groups is 1. The first-order valence-electron chi connectivity index (χ1n) is 7.75. The van der Waals surface area contributed by atoms with Crippen LogP contribution in [0, 0.1) is 24.7 Å². The van der Waals surface area contributed by atoms with Crippen molar-refractivity contribution in [3.8, 4) is 0 Å². The second kappa shape index (κ2) is 6.43. The van der Waals surface area contributed by atoms with Crippen molar-refractivity contribution < 1.29 is 9.53 Å². The molecule has 0 aliphatic heterocycles. The molecule has 3 atom stereocenters. The number of hydrogen-bond donors (Lipinski definition) is 0. The summed E-state index contributed by atoms with van der Waals surface area (Å²) in [6, 6.07) is 7.65. The van der Waals surface area contributed by atoms with Crippen LogP contribution in [-0.2, 0) is 4.74 Å². The Kier molecular flexibility index (Phi) is 4.85. The maximum Gasteiger partial charge on any atom is 0.338 e. The molecule has 2 rings (SSSR count). The molecule has 1 aromatic rings. The summed E-state index contributed by atoms with van der Waals surface area (Å²) in [4.78, 5) is 12.3. The molecule has 1 aromatic carbocycles. The summed E-state index contributed by atoms with van der Waals surface area (Å²) in [7, 11) is 0. The Balaban J connectivity index is 2.08. The molecular formula is C18H26O2. The second-order valence-corrected chi connectivity index (χ2v) is 6.64. The van der Waals surface area contributed by atoms with Crippen molar-refractivity contribution in [3.05, 3.63) is 35.4 Å². The molecule has 0 N–H and O–H groups in total. The van der Waals surface area contributed by atoms with Crippen molar-refractivity contribution in [2.24, 2.45) is 17.8 Å². The highest BCUT2D eigenvalue weighted by atomic mass is 16.5. The molecule has 0 bridgehead atoms. The number of aryl methyl sites for hydroxylation is 1. The van der Waals surface area contributed by atoms with Gasteiger partial charge >= 0.3 is 5.97 Å². The predicted molar refractivity (Wildman–Crippen MR) is 81.7 cm³/mol. The first-order chi connectivity index (χ1) is 9.47. The molecule has 1 fully saturated rings. The smallest absolute Gasteiger partial charge is 0.338 e. The van der Waals surface area contributed by atoms with Crippen LogP contribution < -0.4 is 0 Å². The second-order valence-electron chi connectivity index (χ2n) is 6.64. The largest absolute Gasteiger partial charge is 0.458 e. The average molecular weight is 274 g/mol. The van der Waals surface area contributed by atoms with Gasteiger partial charge in [0, 0.05) is 0 Å². The molecule has 1 aliphatic rings. The van der Waals surface area contributed by atoms with Crippen LogP contribution in [0.15, 0.2) is 24.3 Å². The molecule has 0 saturated heterocycles. The van der Waals surface area contributed by atoms with E-state index in [4.69, 9.17) is 4.74 Å². The van der Waals surface area contributed by atoms with E-state index < -0.39 is 0 Å². The molecule has 0 heterocycles. The minimum absolute atomic E-state index is 0.0757. The van der Waals surface area contributed by atoms with Gasteiger partial charge < -0.3 is 4.74 Å². The van der Waals surface area contributed by atoms with E-state index in [1.165, 1.54) is 12.8 Å². The first kappa shape index (κ1) is 15.1. The average Bonchev–Trinajstić information content (AvgIpc) is 2.38. The lowest BCUT2D eigenvalue weighted by molar-refractivity contribution is -0.0174. The van der Waals surface area contributed by atoms with Gasteiger partial charge in [0.15, 0.2) is 0 Å². The zero-order chi connectivity index (χ0) is 14.7. The summed E-state index contributed by atoms with van der Waals surface area (Å²) in [6.07, 6.45) is 3.50. The number of benzene rings is 1. The zero-order valence-electron chi connectivity index (χ0n) is 13.1. The molecule has 1 saturated carbocycles. The van der Waals surface area contributed by atoms with Crippen LogP contribution in [0.1, 0.15) is 56.0 Å². The Morgan fingerprint density at radius 1 is 1.30 bits per heavy atom. The molecular weight excluding hydrogens is 248 g/mol. The molecule has 2 nitrogen and oxygen atoms in total. The molecule has 0 radical (unpaired) electrons. The Labute approximate surface area is 122 Å². The molecule has 1 aliphatic carbocycles. The number of rotatable bonds is 3. The Morgan fingerprint density at radius 2 is 2.05 bits per heavy atom. The maximum absolute atomic E-state index is 12.3. The summed E-state index contributed by atoms with van der Waals surface area (Å²) in [5.74, 6) is 1.55. The van der Waals surface area contributed by atoms with Crippen LogP contribution in [-0.4, -0.2) is 12.1 Å². The quantitative estimate of drug-likeness (QED) is 0.752. The zero-order valence-corrected chi connectivity index (χ0v) is 13.1. The Morgan fingerprint density at radius 3 is 2.70 bits per heavy atom. The van der Waals surface area contributed by atoms with Crippen LogP contribution in [0.2, 0.25) is 0 Å². The van der Waals surface area contributed by atoms with Gasteiger partial charge in [0.25, 0.3) is 0 Å². The van der Waals surface area contributed by atoms with Crippen LogP contribution >= 0.6 is 0 Å². The topological polar surface area (TPSA) is 26.3 Å². The van der Waals surface area contributed by atoms with Crippen molar-refractivity contribution in [2.45, 2.75) is 53.1 Å². The van der Waals surface area contributed by atoms with Crippen LogP contribution in [0.25, 0.3) is 0 Å². The van der Waals surface area contributed by atoms with Crippen molar-refractivity contribution in [1.82, 2.24) is 0 Å². The normalized spacial score (nSPS) is 26.6. The first-order valence-corrected chi connectivity index (χ1v) is 7.75. The van der Waals surface area contributed by atoms with Crippen molar-refractivity contribution in [3.63, 3.8) is 0 Å². The summed E-state index contributed by atoms with van der Waals surface area (Å²) in [5, 5.41) is 0. The van der Waals surface area contributed by atoms with Gasteiger partial charge in [-0.15, -0.1) is 0 Å². The van der Waals surface area contributed by atoms with E-state index in [2.05, 4.69) is 20.8 Å². The van der Waals surface area contributed by atoms with E-state index in [1.807, 2.05) is 31.2 Å². The van der Waals surface area contributed by atoms with Gasteiger partial charge in [-0.25, -0.2) is 4.79 Å². The molecule has 110 valence electrons. The lowest BCUT2D eigenvalue weighted by Gasteiger charge is -2.36. The van der Waals surface area contributed by atoms with E-state index in [1.54, 1.807) is 0 Å². The molecule has 0 aromatic heterocycles. The van der Waals surface area contributed by atoms with Gasteiger partial charge in [0.2, 0.25) is 0 Å². The van der Waals surface area contributed by atoms with Crippen LogP contribution in [0.3, 0.4) is 0 Å². The highest BCUT2D eigenvalue weighted by molar-refractivity contribution is 5.89. The summed E-state index contributed by atoms with van der Waals surface area (Å²) in [6.45, 7) is 8.71. The highest BCUT2D eigenvalue weighted by Crippen LogP contribution is 2.35. The number of ether oxygens (including phenoxy) is 1. The molecule has 0 unspecified atom stereocenters. The molecule has 0 spiro atoms. The summed E-state index contributed by atoms with van der Waals surface area (Å²) in [5.41, 5.74) is 1.77. The van der Waals surface area contributed by atoms with Gasteiger partial charge in [-0.3, -0.25) is 0 Å². The number of esters is 1. The number of hydrogen-bond acceptors (Lipinski definition) is 2. The standard InChI is InChI=1S/C18H26O2/c1-12(2)16-9-8-14(4)11-17(16)20-18(19)15-7-5-6-13(3)10-15/h5-7,10,12,14,16-17H,8-9,11H2,1-4H3/t14-,16+,17-/m1/s1. The lowest BCUT2D eigenvalue weighted by atomic mass is 9.75. The molecule has 20 heavy (non-hydrogen) atoms. The Hall–Kier alpha value is -1.31. The monoisotopic (exact) mass is 274 g/mol. The van der Waals surface area contributed by atoms with E-state index >= 15 is 0 Å². The minimum Gasteiger partial charge on any atom is -0.458 e. The van der Waals surface area contributed by atoms with Crippen molar-refractivity contribution >= 4 is 5.97 Å². The third-order valence-electron chi connectivity index (χ3n) is 4.47. The van der Waals surface area contributed by atoms with Crippen molar-refractivity contribution in [1.29, 1.82) is 0 Å². The fraction of sp³-hybridized carbons (Fsp3) is 0.611. The van der Waals surface area contributed by atoms with E-state index in [0.29, 0.717) is 23.3 Å². The molecule has 2 heteroatoms. The fourth-order valence-corrected chi connectivity index (χ4v) is 3.23. The maximum atomic E-state index is 12.3. The minimum atomic E-state index is -0.168. The third-order valence-corrected chi connectivity index (χ3v) is 4.47. The van der Waals surface area contributed by atoms with Crippen LogP contribution in [0.5, 0.6) is 0 Å².